The molecule has 0 spiro atoms. The van der Waals surface area contributed by atoms with Crippen LogP contribution in [0.4, 0.5) is 4.39 Å². The molecule has 0 aliphatic rings. The highest BCUT2D eigenvalue weighted by Gasteiger charge is 2.12. The van der Waals surface area contributed by atoms with E-state index in [-0.39, 0.29) is 5.82 Å². The van der Waals surface area contributed by atoms with Crippen molar-refractivity contribution in [2.45, 2.75) is 37.8 Å². The average molecular weight is 309 g/mol. The van der Waals surface area contributed by atoms with Crippen LogP contribution >= 0.6 is 11.8 Å². The molecule has 0 fully saturated rings. The Bertz CT molecular complexity index is 574. The lowest BCUT2D eigenvalue weighted by molar-refractivity contribution is 0.195. The predicted molar refractivity (Wildman–Crippen MR) is 81.7 cm³/mol. The van der Waals surface area contributed by atoms with E-state index in [4.69, 9.17) is 0 Å². The molecule has 0 saturated heterocycles. The summed E-state index contributed by atoms with van der Waals surface area (Å²) in [5, 5.41) is 14.3. The van der Waals surface area contributed by atoms with Gasteiger partial charge in [0.2, 0.25) is 0 Å². The van der Waals surface area contributed by atoms with Gasteiger partial charge in [0, 0.05) is 23.6 Å². The molecule has 4 nitrogen and oxygen atoms in total. The van der Waals surface area contributed by atoms with E-state index in [0.717, 1.165) is 17.3 Å². The largest absolute Gasteiger partial charge is 0.392 e. The Morgan fingerprint density at radius 2 is 2.19 bits per heavy atom. The molecule has 0 bridgehead atoms. The van der Waals surface area contributed by atoms with E-state index >= 15 is 0 Å². The maximum Gasteiger partial charge on any atom is 0.138 e. The highest BCUT2D eigenvalue weighted by atomic mass is 32.2. The summed E-state index contributed by atoms with van der Waals surface area (Å²) >= 11 is 1.44. The number of thioether (sulfide) groups is 1. The van der Waals surface area contributed by atoms with Gasteiger partial charge in [-0.15, -0.1) is 11.8 Å². The van der Waals surface area contributed by atoms with Crippen LogP contribution in [0.1, 0.15) is 19.7 Å². The van der Waals surface area contributed by atoms with Crippen LogP contribution in [0.15, 0.2) is 35.5 Å². The van der Waals surface area contributed by atoms with Gasteiger partial charge < -0.3 is 5.11 Å². The van der Waals surface area contributed by atoms with E-state index in [2.05, 4.69) is 23.9 Å². The van der Waals surface area contributed by atoms with Gasteiger partial charge in [-0.1, -0.05) is 19.9 Å². The molecule has 0 radical (unpaired) electrons. The number of rotatable bonds is 7. The van der Waals surface area contributed by atoms with Crippen LogP contribution < -0.4 is 0 Å². The Balaban J connectivity index is 1.87. The third kappa shape index (κ3) is 5.13. The lowest BCUT2D eigenvalue weighted by atomic mass is 10.2. The minimum atomic E-state index is -0.534. The fourth-order valence-corrected chi connectivity index (χ4v) is 2.84. The molecule has 1 aromatic carbocycles. The summed E-state index contributed by atoms with van der Waals surface area (Å²) in [6, 6.07) is 6.39. The van der Waals surface area contributed by atoms with Crippen molar-refractivity contribution >= 4 is 11.8 Å². The first-order valence-electron chi connectivity index (χ1n) is 6.97. The second kappa shape index (κ2) is 7.56. The zero-order valence-electron chi connectivity index (χ0n) is 12.2. The summed E-state index contributed by atoms with van der Waals surface area (Å²) in [5.74, 6) is 1.50. The number of nitrogens with zero attached hydrogens (tertiary/aromatic N) is 3. The molecule has 6 heteroatoms. The summed E-state index contributed by atoms with van der Waals surface area (Å²) < 4.78 is 14.9. The zero-order chi connectivity index (χ0) is 15.2. The molecule has 1 N–H and O–H groups in total. The summed E-state index contributed by atoms with van der Waals surface area (Å²) in [7, 11) is 0. The van der Waals surface area contributed by atoms with E-state index in [1.54, 1.807) is 6.07 Å². The van der Waals surface area contributed by atoms with Crippen molar-refractivity contribution in [2.24, 2.45) is 5.92 Å². The Morgan fingerprint density at radius 3 is 2.90 bits per heavy atom. The van der Waals surface area contributed by atoms with E-state index in [0.29, 0.717) is 18.1 Å². The summed E-state index contributed by atoms with van der Waals surface area (Å²) in [6.45, 7) is 5.02. The Kier molecular flexibility index (Phi) is 5.76. The van der Waals surface area contributed by atoms with Crippen LogP contribution in [0, 0.1) is 11.7 Å². The Morgan fingerprint density at radius 1 is 1.38 bits per heavy atom. The first-order valence-corrected chi connectivity index (χ1v) is 7.96. The third-order valence-corrected chi connectivity index (χ3v) is 4.03. The fourth-order valence-electron chi connectivity index (χ4n) is 1.96. The number of hydrogen-bond donors (Lipinski definition) is 1. The summed E-state index contributed by atoms with van der Waals surface area (Å²) in [5.41, 5.74) is 0. The minimum Gasteiger partial charge on any atom is -0.392 e. The summed E-state index contributed by atoms with van der Waals surface area (Å²) in [6.07, 6.45) is 1.44. The van der Waals surface area contributed by atoms with Crippen LogP contribution in [0.5, 0.6) is 0 Å². The summed E-state index contributed by atoms with van der Waals surface area (Å²) in [4.78, 5) is 5.02. The lowest BCUT2D eigenvalue weighted by Crippen LogP contribution is -2.19. The quantitative estimate of drug-likeness (QED) is 0.799. The molecule has 0 aliphatic heterocycles. The molecular weight excluding hydrogens is 289 g/mol. The third-order valence-electron chi connectivity index (χ3n) is 2.89. The van der Waals surface area contributed by atoms with Crippen molar-refractivity contribution in [2.75, 3.05) is 5.75 Å². The number of hydrogen-bond acceptors (Lipinski definition) is 4. The van der Waals surface area contributed by atoms with Crippen molar-refractivity contribution < 1.29 is 9.50 Å². The van der Waals surface area contributed by atoms with E-state index in [1.165, 1.54) is 30.2 Å². The van der Waals surface area contributed by atoms with Gasteiger partial charge in [-0.3, -0.25) is 0 Å². The number of aromatic nitrogens is 3. The zero-order valence-corrected chi connectivity index (χ0v) is 13.1. The van der Waals surface area contributed by atoms with Crippen molar-refractivity contribution in [3.63, 3.8) is 0 Å². The maximum atomic E-state index is 13.1. The number of aliphatic hydroxyl groups excluding tert-OH is 1. The Labute approximate surface area is 128 Å². The second-order valence-electron chi connectivity index (χ2n) is 5.38. The standard InChI is InChI=1S/C15H20FN3OS/c1-11(2)8-19-15(17-10-18-19)7-13(20)9-21-14-5-3-4-12(16)6-14/h3-6,10-11,13,20H,7-9H2,1-2H3. The lowest BCUT2D eigenvalue weighted by Gasteiger charge is -2.12. The minimum absolute atomic E-state index is 0.258. The molecule has 1 atom stereocenters. The molecule has 0 amide bonds. The van der Waals surface area contributed by atoms with Crippen molar-refractivity contribution in [1.29, 1.82) is 0 Å². The van der Waals surface area contributed by atoms with E-state index in [9.17, 15) is 9.50 Å². The van der Waals surface area contributed by atoms with Crippen molar-refractivity contribution in [3.05, 3.63) is 42.2 Å². The highest BCUT2D eigenvalue weighted by molar-refractivity contribution is 7.99. The normalized spacial score (nSPS) is 12.8. The molecule has 2 rings (SSSR count). The number of halogens is 1. The van der Waals surface area contributed by atoms with Crippen LogP contribution in [0.25, 0.3) is 0 Å². The molecule has 1 unspecified atom stereocenters. The van der Waals surface area contributed by atoms with Gasteiger partial charge >= 0.3 is 0 Å². The molecule has 0 aliphatic carbocycles. The maximum absolute atomic E-state index is 13.1. The van der Waals surface area contributed by atoms with E-state index < -0.39 is 6.10 Å². The van der Waals surface area contributed by atoms with Gasteiger partial charge in [-0.25, -0.2) is 14.1 Å². The predicted octanol–water partition coefficient (Wildman–Crippen LogP) is 2.77. The second-order valence-corrected chi connectivity index (χ2v) is 6.47. The smallest absolute Gasteiger partial charge is 0.138 e. The number of benzene rings is 1. The van der Waals surface area contributed by atoms with Gasteiger partial charge in [0.25, 0.3) is 0 Å². The first kappa shape index (κ1) is 16.0. The first-order chi connectivity index (χ1) is 10.0. The van der Waals surface area contributed by atoms with Crippen molar-refractivity contribution in [3.8, 4) is 0 Å². The van der Waals surface area contributed by atoms with Crippen LogP contribution in [0.2, 0.25) is 0 Å². The van der Waals surface area contributed by atoms with E-state index in [1.807, 2.05) is 10.7 Å². The van der Waals surface area contributed by atoms with Gasteiger partial charge in [-0.2, -0.15) is 5.10 Å². The molecule has 21 heavy (non-hydrogen) atoms. The fraction of sp³-hybridized carbons (Fsp3) is 0.467. The topological polar surface area (TPSA) is 50.9 Å². The average Bonchev–Trinajstić information content (AvgIpc) is 2.83. The number of aliphatic hydroxyl groups is 1. The molecule has 1 heterocycles. The van der Waals surface area contributed by atoms with Gasteiger partial charge in [-0.05, 0) is 24.1 Å². The van der Waals surface area contributed by atoms with Gasteiger partial charge in [0.15, 0.2) is 0 Å². The molecular formula is C15H20FN3OS. The van der Waals surface area contributed by atoms with Crippen molar-refractivity contribution in [1.82, 2.24) is 14.8 Å². The molecule has 2 aromatic rings. The molecule has 1 aromatic heterocycles. The van der Waals surface area contributed by atoms with Crippen LogP contribution in [0.3, 0.4) is 0 Å². The van der Waals surface area contributed by atoms with Crippen LogP contribution in [-0.2, 0) is 13.0 Å². The van der Waals surface area contributed by atoms with Gasteiger partial charge in [0.1, 0.15) is 18.0 Å². The highest BCUT2D eigenvalue weighted by Crippen LogP contribution is 2.20. The Hall–Kier alpha value is -1.40. The molecule has 114 valence electrons. The van der Waals surface area contributed by atoms with Crippen LogP contribution in [-0.4, -0.2) is 31.7 Å². The SMILES string of the molecule is CC(C)Cn1ncnc1CC(O)CSc1cccc(F)c1. The molecule has 0 saturated carbocycles. The monoisotopic (exact) mass is 309 g/mol. The van der Waals surface area contributed by atoms with Gasteiger partial charge in [0.05, 0.1) is 6.10 Å².